The molecule has 6 heteroatoms. The van der Waals surface area contributed by atoms with Crippen LogP contribution >= 0.6 is 0 Å². The van der Waals surface area contributed by atoms with Gasteiger partial charge in [-0.05, 0) is 19.8 Å². The third-order valence-electron chi connectivity index (χ3n) is 2.50. The number of hydrogen-bond donors (Lipinski definition) is 1. The Hall–Kier alpha value is -1.90. The number of hydrogen-bond acceptors (Lipinski definition) is 4. The quantitative estimate of drug-likeness (QED) is 0.804. The molecule has 1 aromatic heterocycles. The number of nitrogens with one attached hydrogen (secondary N) is 1. The number of carbonyl (C=O) groups is 1. The Balaban J connectivity index is 2.08. The summed E-state index contributed by atoms with van der Waals surface area (Å²) in [5.74, 6) is 0.642. The number of aromatic nitrogens is 3. The minimum absolute atomic E-state index is 0.179. The van der Waals surface area contributed by atoms with Crippen LogP contribution in [-0.4, -0.2) is 38.6 Å². The highest BCUT2D eigenvalue weighted by molar-refractivity contribution is 5.90. The fourth-order valence-corrected chi connectivity index (χ4v) is 1.57. The molecule has 0 bridgehead atoms. The lowest BCUT2D eigenvalue weighted by molar-refractivity contribution is 0.0735. The van der Waals surface area contributed by atoms with Gasteiger partial charge in [-0.3, -0.25) is 9.89 Å². The Bertz CT molecular complexity index is 429. The molecule has 1 heterocycles. The summed E-state index contributed by atoms with van der Waals surface area (Å²) in [4.78, 5) is 17.7. The van der Waals surface area contributed by atoms with Crippen LogP contribution in [-0.2, 0) is 0 Å². The number of nitriles is 1. The Morgan fingerprint density at radius 1 is 1.69 bits per heavy atom. The molecule has 0 aromatic carbocycles. The molecule has 1 amide bonds. The van der Waals surface area contributed by atoms with Gasteiger partial charge < -0.3 is 4.90 Å². The Morgan fingerprint density at radius 3 is 2.94 bits per heavy atom. The highest BCUT2D eigenvalue weighted by Gasteiger charge is 2.34. The van der Waals surface area contributed by atoms with Gasteiger partial charge in [0.05, 0.1) is 12.5 Å². The van der Waals surface area contributed by atoms with Gasteiger partial charge in [0.25, 0.3) is 5.91 Å². The van der Waals surface area contributed by atoms with Crippen LogP contribution in [0.2, 0.25) is 0 Å². The molecule has 6 nitrogen and oxygen atoms in total. The smallest absolute Gasteiger partial charge is 0.293 e. The number of carbonyl (C=O) groups excluding carboxylic acids is 1. The van der Waals surface area contributed by atoms with Crippen molar-refractivity contribution in [1.82, 2.24) is 20.1 Å². The van der Waals surface area contributed by atoms with Crippen molar-refractivity contribution in [2.45, 2.75) is 32.2 Å². The second kappa shape index (κ2) is 4.31. The summed E-state index contributed by atoms with van der Waals surface area (Å²) < 4.78 is 0. The van der Waals surface area contributed by atoms with Crippen LogP contribution in [0, 0.1) is 18.3 Å². The van der Waals surface area contributed by atoms with Crippen molar-refractivity contribution in [3.05, 3.63) is 11.6 Å². The molecule has 2 rings (SSSR count). The first-order valence-electron chi connectivity index (χ1n) is 5.29. The second-order valence-corrected chi connectivity index (χ2v) is 3.88. The standard InChI is InChI=1S/C10H13N5O/c1-7-12-9(14-13-7)10(16)15(6-2-5-11)8-3-4-8/h8H,2-4,6H2,1H3,(H,12,13,14). The van der Waals surface area contributed by atoms with Gasteiger partial charge >= 0.3 is 0 Å². The average molecular weight is 219 g/mol. The first-order chi connectivity index (χ1) is 7.72. The van der Waals surface area contributed by atoms with Crippen LogP contribution < -0.4 is 0 Å². The number of rotatable bonds is 4. The predicted octanol–water partition coefficient (Wildman–Crippen LogP) is 0.631. The van der Waals surface area contributed by atoms with E-state index in [1.54, 1.807) is 11.8 Å². The van der Waals surface area contributed by atoms with Crippen LogP contribution in [0.25, 0.3) is 0 Å². The van der Waals surface area contributed by atoms with Gasteiger partial charge in [-0.2, -0.15) is 5.26 Å². The van der Waals surface area contributed by atoms with Crippen molar-refractivity contribution in [3.63, 3.8) is 0 Å². The lowest BCUT2D eigenvalue weighted by atomic mass is 10.3. The summed E-state index contributed by atoms with van der Waals surface area (Å²) in [7, 11) is 0. The molecule has 0 saturated heterocycles. The molecular formula is C10H13N5O. The summed E-state index contributed by atoms with van der Waals surface area (Å²) >= 11 is 0. The molecule has 1 aliphatic rings. The zero-order valence-electron chi connectivity index (χ0n) is 9.10. The summed E-state index contributed by atoms with van der Waals surface area (Å²) in [6.45, 7) is 2.22. The van der Waals surface area contributed by atoms with Gasteiger partial charge in [0.2, 0.25) is 5.82 Å². The number of aromatic amines is 1. The summed E-state index contributed by atoms with van der Waals surface area (Å²) in [6.07, 6.45) is 2.38. The third kappa shape index (κ3) is 2.19. The fraction of sp³-hybridized carbons (Fsp3) is 0.600. The normalized spacial score (nSPS) is 14.5. The van der Waals surface area contributed by atoms with E-state index in [1.807, 2.05) is 6.07 Å². The van der Waals surface area contributed by atoms with E-state index in [2.05, 4.69) is 15.2 Å². The Morgan fingerprint density at radius 2 is 2.44 bits per heavy atom. The van der Waals surface area contributed by atoms with E-state index in [9.17, 15) is 4.79 Å². The van der Waals surface area contributed by atoms with Gasteiger partial charge in [0.1, 0.15) is 5.82 Å². The van der Waals surface area contributed by atoms with Crippen molar-refractivity contribution in [2.75, 3.05) is 6.54 Å². The molecule has 1 N–H and O–H groups in total. The molecule has 1 fully saturated rings. The van der Waals surface area contributed by atoms with Crippen molar-refractivity contribution in [2.24, 2.45) is 0 Å². The van der Waals surface area contributed by atoms with E-state index in [0.29, 0.717) is 18.8 Å². The molecule has 1 aromatic rings. The molecule has 0 spiro atoms. The Labute approximate surface area is 93.3 Å². The molecular weight excluding hydrogens is 206 g/mol. The van der Waals surface area contributed by atoms with Crippen LogP contribution in [0.15, 0.2) is 0 Å². The van der Waals surface area contributed by atoms with Gasteiger partial charge in [-0.25, -0.2) is 4.98 Å². The Kier molecular flexibility index (Phi) is 2.86. The van der Waals surface area contributed by atoms with Gasteiger partial charge in [0, 0.05) is 12.6 Å². The molecule has 84 valence electrons. The largest absolute Gasteiger partial charge is 0.332 e. The van der Waals surface area contributed by atoms with Gasteiger partial charge in [0.15, 0.2) is 0 Å². The van der Waals surface area contributed by atoms with E-state index < -0.39 is 0 Å². The molecule has 1 aliphatic carbocycles. The van der Waals surface area contributed by atoms with Crippen molar-refractivity contribution in [1.29, 1.82) is 5.26 Å². The first-order valence-corrected chi connectivity index (χ1v) is 5.29. The van der Waals surface area contributed by atoms with Crippen molar-refractivity contribution in [3.8, 4) is 6.07 Å². The van der Waals surface area contributed by atoms with Gasteiger partial charge in [-0.15, -0.1) is 5.10 Å². The van der Waals surface area contributed by atoms with Crippen LogP contribution in [0.3, 0.4) is 0 Å². The SMILES string of the molecule is Cc1nc(C(=O)N(CCC#N)C2CC2)n[nH]1. The molecule has 0 atom stereocenters. The van der Waals surface area contributed by atoms with Crippen molar-refractivity contribution < 1.29 is 4.79 Å². The van der Waals surface area contributed by atoms with E-state index in [-0.39, 0.29) is 17.8 Å². The first kappa shape index (κ1) is 10.6. The predicted molar refractivity (Wildman–Crippen MR) is 55.4 cm³/mol. The summed E-state index contributed by atoms with van der Waals surface area (Å²) in [5, 5.41) is 15.0. The molecule has 16 heavy (non-hydrogen) atoms. The highest BCUT2D eigenvalue weighted by atomic mass is 16.2. The fourth-order valence-electron chi connectivity index (χ4n) is 1.57. The number of amides is 1. The molecule has 0 unspecified atom stereocenters. The molecule has 0 aliphatic heterocycles. The number of nitrogens with zero attached hydrogens (tertiary/aromatic N) is 4. The van der Waals surface area contributed by atoms with E-state index in [4.69, 9.17) is 5.26 Å². The van der Waals surface area contributed by atoms with E-state index in [1.165, 1.54) is 0 Å². The third-order valence-corrected chi connectivity index (χ3v) is 2.50. The number of H-pyrrole nitrogens is 1. The topological polar surface area (TPSA) is 85.7 Å². The zero-order valence-corrected chi connectivity index (χ0v) is 9.10. The monoisotopic (exact) mass is 219 g/mol. The molecule has 0 radical (unpaired) electrons. The minimum Gasteiger partial charge on any atom is -0.332 e. The van der Waals surface area contributed by atoms with Crippen LogP contribution in [0.1, 0.15) is 35.7 Å². The molecule has 1 saturated carbocycles. The minimum atomic E-state index is -0.179. The second-order valence-electron chi connectivity index (χ2n) is 3.88. The van der Waals surface area contributed by atoms with Crippen LogP contribution in [0.5, 0.6) is 0 Å². The maximum atomic E-state index is 12.0. The average Bonchev–Trinajstić information content (AvgIpc) is 3.01. The maximum absolute atomic E-state index is 12.0. The maximum Gasteiger partial charge on any atom is 0.293 e. The summed E-state index contributed by atoms with van der Waals surface area (Å²) in [5.41, 5.74) is 0. The highest BCUT2D eigenvalue weighted by Crippen LogP contribution is 2.27. The van der Waals surface area contributed by atoms with E-state index >= 15 is 0 Å². The lowest BCUT2D eigenvalue weighted by Crippen LogP contribution is -2.34. The zero-order chi connectivity index (χ0) is 11.5. The van der Waals surface area contributed by atoms with Crippen molar-refractivity contribution >= 4 is 5.91 Å². The van der Waals surface area contributed by atoms with Crippen LogP contribution in [0.4, 0.5) is 0 Å². The lowest BCUT2D eigenvalue weighted by Gasteiger charge is -2.18. The number of aryl methyl sites for hydroxylation is 1. The summed E-state index contributed by atoms with van der Waals surface area (Å²) in [6, 6.07) is 2.33. The van der Waals surface area contributed by atoms with Gasteiger partial charge in [-0.1, -0.05) is 0 Å². The van der Waals surface area contributed by atoms with E-state index in [0.717, 1.165) is 12.8 Å².